The molecular weight excluding hydrogens is 703 g/mol. The van der Waals surface area contributed by atoms with Crippen molar-refractivity contribution in [1.82, 2.24) is 30.3 Å². The number of halogens is 2. The third kappa shape index (κ3) is 7.24. The highest BCUT2D eigenvalue weighted by atomic mass is 35.5. The molecule has 0 spiro atoms. The van der Waals surface area contributed by atoms with Crippen LogP contribution in [0.15, 0.2) is 71.7 Å². The van der Waals surface area contributed by atoms with E-state index in [1.165, 1.54) is 11.5 Å². The number of nitrogens with zero attached hydrogens (tertiary/aromatic N) is 3. The van der Waals surface area contributed by atoms with Gasteiger partial charge in [-0.25, -0.2) is 4.98 Å². The fourth-order valence-corrected chi connectivity index (χ4v) is 7.74. The lowest BCUT2D eigenvalue weighted by molar-refractivity contribution is -0.119. The van der Waals surface area contributed by atoms with Gasteiger partial charge in [-0.05, 0) is 49.9 Å². The van der Waals surface area contributed by atoms with Crippen molar-refractivity contribution < 1.29 is 19.4 Å². The molecule has 1 aliphatic heterocycles. The zero-order valence-corrected chi connectivity index (χ0v) is 30.6. The molecule has 11 nitrogen and oxygen atoms in total. The van der Waals surface area contributed by atoms with Gasteiger partial charge in [0.25, 0.3) is 5.56 Å². The molecule has 13 heteroatoms. The molecule has 2 aliphatic rings. The number of nitrogens with one attached hydrogen (secondary N) is 3. The third-order valence-corrected chi connectivity index (χ3v) is 10.6. The van der Waals surface area contributed by atoms with E-state index in [9.17, 15) is 14.7 Å². The molecule has 0 radical (unpaired) electrons. The summed E-state index contributed by atoms with van der Waals surface area (Å²) in [4.78, 5) is 34.5. The van der Waals surface area contributed by atoms with Crippen LogP contribution in [0.3, 0.4) is 0 Å². The Bertz CT molecular complexity index is 2220. The van der Waals surface area contributed by atoms with Gasteiger partial charge in [0, 0.05) is 72.2 Å². The Labute approximate surface area is 311 Å². The van der Waals surface area contributed by atoms with Gasteiger partial charge in [-0.3, -0.25) is 14.0 Å². The Balaban J connectivity index is 1.14. The monoisotopic (exact) mass is 742 g/mol. The molecule has 52 heavy (non-hydrogen) atoms. The Kier molecular flexibility index (Phi) is 10.2. The van der Waals surface area contributed by atoms with E-state index < -0.39 is 5.60 Å². The van der Waals surface area contributed by atoms with Crippen LogP contribution in [0.25, 0.3) is 39.2 Å². The number of hydrogen-bond donors (Lipinski definition) is 4. The van der Waals surface area contributed by atoms with Gasteiger partial charge in [-0.1, -0.05) is 65.7 Å². The molecule has 1 unspecified atom stereocenters. The highest BCUT2D eigenvalue weighted by Gasteiger charge is 2.38. The number of pyridine rings is 2. The van der Waals surface area contributed by atoms with Crippen LogP contribution in [0, 0.1) is 0 Å². The van der Waals surface area contributed by atoms with Crippen molar-refractivity contribution in [2.24, 2.45) is 0 Å². The van der Waals surface area contributed by atoms with Gasteiger partial charge in [0.1, 0.15) is 5.65 Å². The van der Waals surface area contributed by atoms with E-state index in [-0.39, 0.29) is 36.0 Å². The van der Waals surface area contributed by atoms with E-state index >= 15 is 0 Å². The molecule has 4 heterocycles. The van der Waals surface area contributed by atoms with E-state index in [2.05, 4.69) is 20.9 Å². The molecule has 1 amide bonds. The number of carbonyl (C=O) groups excluding carboxylic acids is 1. The number of benzene rings is 2. The van der Waals surface area contributed by atoms with E-state index in [1.54, 1.807) is 20.2 Å². The summed E-state index contributed by atoms with van der Waals surface area (Å²) in [6.07, 6.45) is 4.33. The topological polar surface area (TPSA) is 139 Å². The van der Waals surface area contributed by atoms with Crippen LogP contribution in [0.5, 0.6) is 11.8 Å². The predicted octanol–water partition coefficient (Wildman–Crippen LogP) is 5.79. The van der Waals surface area contributed by atoms with Crippen LogP contribution in [0.2, 0.25) is 10.0 Å². The average Bonchev–Trinajstić information content (AvgIpc) is 3.55. The lowest BCUT2D eigenvalue weighted by Gasteiger charge is -2.41. The minimum absolute atomic E-state index is 0.0902. The zero-order chi connectivity index (χ0) is 36.6. The fourth-order valence-electron chi connectivity index (χ4n) is 7.08. The molecule has 0 bridgehead atoms. The number of carbonyl (C=O) groups is 1. The number of amides is 1. The van der Waals surface area contributed by atoms with Crippen LogP contribution in [0.1, 0.15) is 43.7 Å². The number of fused-ring (bicyclic) bond motifs is 1. The Morgan fingerprint density at radius 1 is 0.923 bits per heavy atom. The van der Waals surface area contributed by atoms with Crippen LogP contribution in [-0.2, 0) is 17.9 Å². The van der Waals surface area contributed by atoms with Crippen molar-refractivity contribution >= 4 is 34.8 Å². The first-order valence-corrected chi connectivity index (χ1v) is 18.0. The fraction of sp³-hybridized carbons (Fsp3) is 0.333. The first-order valence-electron chi connectivity index (χ1n) is 17.2. The highest BCUT2D eigenvalue weighted by Crippen LogP contribution is 2.42. The van der Waals surface area contributed by atoms with Crippen LogP contribution in [0.4, 0.5) is 0 Å². The molecule has 3 aromatic heterocycles. The molecule has 7 rings (SSSR count). The van der Waals surface area contributed by atoms with Gasteiger partial charge >= 0.3 is 0 Å². The van der Waals surface area contributed by atoms with Crippen LogP contribution >= 0.6 is 23.2 Å². The molecule has 270 valence electrons. The second-order valence-corrected chi connectivity index (χ2v) is 14.4. The molecule has 4 N–H and O–H groups in total. The second-order valence-electron chi connectivity index (χ2n) is 13.7. The summed E-state index contributed by atoms with van der Waals surface area (Å²) < 4.78 is 12.7. The van der Waals surface area contributed by atoms with Gasteiger partial charge in [-0.2, -0.15) is 4.98 Å². The maximum absolute atomic E-state index is 13.5. The normalized spacial score (nSPS) is 19.8. The van der Waals surface area contributed by atoms with E-state index in [0.29, 0.717) is 65.2 Å². The summed E-state index contributed by atoms with van der Waals surface area (Å²) in [5.41, 5.74) is 5.17. The molecule has 1 saturated carbocycles. The zero-order valence-electron chi connectivity index (χ0n) is 29.1. The molecule has 1 aliphatic carbocycles. The number of aromatic nitrogens is 3. The van der Waals surface area contributed by atoms with Gasteiger partial charge in [0.05, 0.1) is 41.1 Å². The molecule has 5 aromatic rings. The Hall–Kier alpha value is -4.52. The Morgan fingerprint density at radius 3 is 2.29 bits per heavy atom. The minimum Gasteiger partial charge on any atom is -0.481 e. The number of methoxy groups -OCH3 is 2. The quantitative estimate of drug-likeness (QED) is 0.125. The van der Waals surface area contributed by atoms with Gasteiger partial charge in [-0.15, -0.1) is 0 Å². The highest BCUT2D eigenvalue weighted by molar-refractivity contribution is 6.39. The number of rotatable bonds is 12. The van der Waals surface area contributed by atoms with Crippen molar-refractivity contribution in [2.75, 3.05) is 20.8 Å². The number of aliphatic hydroxyl groups is 1. The molecule has 2 fully saturated rings. The largest absolute Gasteiger partial charge is 0.481 e. The van der Waals surface area contributed by atoms with Crippen molar-refractivity contribution in [3.8, 4) is 45.3 Å². The summed E-state index contributed by atoms with van der Waals surface area (Å²) in [6, 6.07) is 19.3. The van der Waals surface area contributed by atoms with Crippen molar-refractivity contribution in [1.29, 1.82) is 0 Å². The van der Waals surface area contributed by atoms with Crippen molar-refractivity contribution in [2.45, 2.75) is 63.4 Å². The minimum atomic E-state index is -0.671. The summed E-state index contributed by atoms with van der Waals surface area (Å²) in [6.45, 7) is 3.29. The van der Waals surface area contributed by atoms with E-state index in [0.717, 1.165) is 39.8 Å². The molecule has 1 atom stereocenters. The maximum Gasteiger partial charge on any atom is 0.266 e. The van der Waals surface area contributed by atoms with Gasteiger partial charge in [0.2, 0.25) is 17.7 Å². The third-order valence-electron chi connectivity index (χ3n) is 9.82. The summed E-state index contributed by atoms with van der Waals surface area (Å²) in [5.74, 6) is 0.823. The number of hydrogen-bond acceptors (Lipinski definition) is 9. The summed E-state index contributed by atoms with van der Waals surface area (Å²) in [7, 11) is 3.08. The summed E-state index contributed by atoms with van der Waals surface area (Å²) in [5, 5.41) is 20.7. The Morgan fingerprint density at radius 2 is 1.62 bits per heavy atom. The second kappa shape index (κ2) is 14.8. The SMILES string of the molecule is COc1nc(-c2cccc(-c3cccc(-c4ccn5c(=O)c(CNC6CC(C)(O)C6)c(OC)nc5c4)c3Cl)c2Cl)ccc1CNCC1CCC(=O)N1. The van der Waals surface area contributed by atoms with Crippen molar-refractivity contribution in [3.63, 3.8) is 0 Å². The molecular formula is C39H40Cl2N6O5. The first kappa shape index (κ1) is 35.9. The summed E-state index contributed by atoms with van der Waals surface area (Å²) >= 11 is 14.2. The maximum atomic E-state index is 13.5. The van der Waals surface area contributed by atoms with E-state index in [1.807, 2.05) is 60.7 Å². The van der Waals surface area contributed by atoms with Gasteiger partial charge in [0.15, 0.2) is 0 Å². The van der Waals surface area contributed by atoms with Crippen LogP contribution < -0.4 is 31.0 Å². The molecule has 1 saturated heterocycles. The lowest BCUT2D eigenvalue weighted by atomic mass is 9.77. The van der Waals surface area contributed by atoms with Crippen molar-refractivity contribution in [3.05, 3.63) is 98.4 Å². The smallest absolute Gasteiger partial charge is 0.266 e. The lowest BCUT2D eigenvalue weighted by Crippen LogP contribution is -2.51. The predicted molar refractivity (Wildman–Crippen MR) is 202 cm³/mol. The number of ether oxygens (including phenoxy) is 2. The van der Waals surface area contributed by atoms with E-state index in [4.69, 9.17) is 37.7 Å². The first-order chi connectivity index (χ1) is 25.0. The molecule has 2 aromatic carbocycles. The van der Waals surface area contributed by atoms with Gasteiger partial charge < -0.3 is 30.5 Å². The standard InChI is InChI=1S/C39H40Cl2N6O5/c1-39(50)17-25(18-39)43-21-30-37(52-3)46-32-16-22(14-15-47(32)38(30)49)26-6-4-7-27(34(26)40)28-8-5-9-29(35(28)41)31-12-10-23(36(45-31)51-2)19-42-20-24-11-13-33(48)44-24/h4-10,12,14-16,24-25,42-43,50H,11,13,17-21H2,1-3H3,(H,44,48). The average molecular weight is 744 g/mol. The van der Waals surface area contributed by atoms with Crippen LogP contribution in [-0.4, -0.2) is 63.8 Å².